The monoisotopic (exact) mass is 525 g/mol. The van der Waals surface area contributed by atoms with Crippen LogP contribution in [0, 0.1) is 0 Å². The van der Waals surface area contributed by atoms with E-state index in [1.54, 1.807) is 24.9 Å². The number of amides is 2. The predicted octanol–water partition coefficient (Wildman–Crippen LogP) is 3.60. The number of hydrogen-bond donors (Lipinski definition) is 4. The Morgan fingerprint density at radius 1 is 1.30 bits per heavy atom. The van der Waals surface area contributed by atoms with E-state index in [4.69, 9.17) is 9.39 Å². The summed E-state index contributed by atoms with van der Waals surface area (Å²) in [6.45, 7) is 6.91. The van der Waals surface area contributed by atoms with Crippen molar-refractivity contribution < 1.29 is 19.0 Å². The molecule has 1 fully saturated rings. The van der Waals surface area contributed by atoms with Crippen molar-refractivity contribution in [3.05, 3.63) is 41.7 Å². The zero-order chi connectivity index (χ0) is 26.4. The highest BCUT2D eigenvalue weighted by atomic mass is 32.1. The average molecular weight is 525 g/mol. The summed E-state index contributed by atoms with van der Waals surface area (Å²) in [6, 6.07) is 5.70. The first kappa shape index (κ1) is 26.5. The lowest BCUT2D eigenvalue weighted by atomic mass is 10.0. The minimum atomic E-state index is -0.561. The van der Waals surface area contributed by atoms with Crippen LogP contribution < -0.4 is 20.8 Å². The first-order chi connectivity index (χ1) is 17.7. The van der Waals surface area contributed by atoms with Gasteiger partial charge in [-0.05, 0) is 51.8 Å². The summed E-state index contributed by atoms with van der Waals surface area (Å²) in [5, 5.41) is 18.3. The van der Waals surface area contributed by atoms with Crippen molar-refractivity contribution in [1.29, 1.82) is 0 Å². The van der Waals surface area contributed by atoms with Crippen molar-refractivity contribution in [2.75, 3.05) is 35.6 Å². The smallest absolute Gasteiger partial charge is 0.407 e. The van der Waals surface area contributed by atoms with E-state index < -0.39 is 11.7 Å². The van der Waals surface area contributed by atoms with Crippen LogP contribution in [0.2, 0.25) is 0 Å². The minimum Gasteiger partial charge on any atom is -0.444 e. The summed E-state index contributed by atoms with van der Waals surface area (Å²) in [7, 11) is 1.94. The third-order valence-electron chi connectivity index (χ3n) is 5.63. The van der Waals surface area contributed by atoms with E-state index in [2.05, 4.69) is 35.9 Å². The number of H-pyrrole nitrogens is 1. The van der Waals surface area contributed by atoms with Gasteiger partial charge in [0.2, 0.25) is 0 Å². The molecule has 3 heterocycles. The maximum absolute atomic E-state index is 13.2. The van der Waals surface area contributed by atoms with Crippen LogP contribution >= 0.6 is 11.3 Å². The zero-order valence-corrected chi connectivity index (χ0v) is 22.3. The van der Waals surface area contributed by atoms with Gasteiger partial charge in [0.25, 0.3) is 5.91 Å². The normalized spacial score (nSPS) is 15.7. The SMILES string of the molecule is COBNc1ccc(N2CCC[C@@H](NC(=O)OC(C)(C)C)C2)c(NC(=O)c2csc(-c3cn[nH]c3)n2)c1. The minimum absolute atomic E-state index is 0.0745. The molecule has 2 aromatic heterocycles. The maximum Gasteiger partial charge on any atom is 0.407 e. The molecule has 1 aliphatic rings. The molecule has 1 aliphatic heterocycles. The van der Waals surface area contributed by atoms with Crippen LogP contribution in [-0.2, 0) is 9.39 Å². The summed E-state index contributed by atoms with van der Waals surface area (Å²) < 4.78 is 10.6. The Hall–Kier alpha value is -3.58. The van der Waals surface area contributed by atoms with Crippen LogP contribution in [0.25, 0.3) is 10.6 Å². The van der Waals surface area contributed by atoms with E-state index in [9.17, 15) is 9.59 Å². The average Bonchev–Trinajstić information content (AvgIpc) is 3.54. The second-order valence-corrected chi connectivity index (χ2v) is 10.6. The summed E-state index contributed by atoms with van der Waals surface area (Å²) >= 11 is 1.38. The summed E-state index contributed by atoms with van der Waals surface area (Å²) in [5.74, 6) is -0.309. The number of aromatic amines is 1. The molecule has 0 spiro atoms. The van der Waals surface area contributed by atoms with Crippen molar-refractivity contribution >= 4 is 48.0 Å². The number of thiazole rings is 1. The molecule has 2 amide bonds. The van der Waals surface area contributed by atoms with Gasteiger partial charge in [-0.2, -0.15) is 5.10 Å². The van der Waals surface area contributed by atoms with Crippen molar-refractivity contribution in [3.8, 4) is 10.6 Å². The van der Waals surface area contributed by atoms with Gasteiger partial charge >= 0.3 is 13.7 Å². The van der Waals surface area contributed by atoms with Gasteiger partial charge in [0, 0.05) is 49.1 Å². The third kappa shape index (κ3) is 7.23. The van der Waals surface area contributed by atoms with Crippen LogP contribution in [0.15, 0.2) is 36.0 Å². The topological polar surface area (TPSA) is 134 Å². The van der Waals surface area contributed by atoms with Gasteiger partial charge in [0.15, 0.2) is 0 Å². The van der Waals surface area contributed by atoms with E-state index in [1.807, 2.05) is 39.0 Å². The van der Waals surface area contributed by atoms with Crippen LogP contribution in [-0.4, -0.2) is 66.6 Å². The number of nitrogens with zero attached hydrogens (tertiary/aromatic N) is 3. The molecule has 1 aromatic carbocycles. The highest BCUT2D eigenvalue weighted by Gasteiger charge is 2.26. The molecule has 11 nitrogen and oxygen atoms in total. The van der Waals surface area contributed by atoms with Crippen LogP contribution in [0.4, 0.5) is 21.9 Å². The second-order valence-electron chi connectivity index (χ2n) is 9.75. The van der Waals surface area contributed by atoms with Crippen LogP contribution in [0.3, 0.4) is 0 Å². The highest BCUT2D eigenvalue weighted by Crippen LogP contribution is 2.32. The summed E-state index contributed by atoms with van der Waals surface area (Å²) in [6.07, 6.45) is 4.71. The first-order valence-corrected chi connectivity index (χ1v) is 13.0. The summed E-state index contributed by atoms with van der Waals surface area (Å²) in [5.41, 5.74) is 2.89. The number of benzene rings is 1. The molecular formula is C24H32BN7O4S. The molecule has 4 rings (SSSR count). The van der Waals surface area contributed by atoms with Gasteiger partial charge in [-0.3, -0.25) is 9.89 Å². The fraction of sp³-hybridized carbons (Fsp3) is 0.417. The first-order valence-electron chi connectivity index (χ1n) is 12.1. The van der Waals surface area contributed by atoms with Crippen LogP contribution in [0.5, 0.6) is 0 Å². The van der Waals surface area contributed by atoms with E-state index in [1.165, 1.54) is 11.3 Å². The molecular weight excluding hydrogens is 493 g/mol. The number of carbonyl (C=O) groups excluding carboxylic acids is 2. The van der Waals surface area contributed by atoms with Crippen molar-refractivity contribution in [3.63, 3.8) is 0 Å². The largest absolute Gasteiger partial charge is 0.444 e. The Bertz CT molecular complexity index is 1210. The van der Waals surface area contributed by atoms with Crippen molar-refractivity contribution in [2.24, 2.45) is 0 Å². The Labute approximate surface area is 220 Å². The number of alkyl carbamates (subject to hydrolysis) is 1. The standard InChI is InChI=1S/C24H32BN7O4S/c1-24(2,3)36-23(34)28-17-6-5-9-32(13-17)20-8-7-16(31-25-35-4)10-18(20)29-21(33)19-14-37-22(30-19)15-11-26-27-12-15/h7-8,10-12,14,17,25,31H,5-6,9,13H2,1-4H3,(H,26,27)(H,28,34)(H,29,33)/t17-/m1/s1. The van der Waals surface area contributed by atoms with Gasteiger partial charge in [-0.15, -0.1) is 11.3 Å². The number of aromatic nitrogens is 3. The molecule has 13 heteroatoms. The Morgan fingerprint density at radius 2 is 2.14 bits per heavy atom. The van der Waals surface area contributed by atoms with Gasteiger partial charge in [0.1, 0.15) is 16.3 Å². The molecule has 3 aromatic rings. The Morgan fingerprint density at radius 3 is 2.86 bits per heavy atom. The van der Waals surface area contributed by atoms with Crippen LogP contribution in [0.1, 0.15) is 44.1 Å². The molecule has 4 N–H and O–H groups in total. The lowest BCUT2D eigenvalue weighted by molar-refractivity contribution is 0.0500. The highest BCUT2D eigenvalue weighted by molar-refractivity contribution is 7.13. The van der Waals surface area contributed by atoms with E-state index in [0.717, 1.165) is 36.3 Å². The van der Waals surface area contributed by atoms with E-state index >= 15 is 0 Å². The predicted molar refractivity (Wildman–Crippen MR) is 146 cm³/mol. The number of piperidine rings is 1. The van der Waals surface area contributed by atoms with Gasteiger partial charge in [-0.25, -0.2) is 9.78 Å². The number of rotatable bonds is 8. The van der Waals surface area contributed by atoms with Crippen molar-refractivity contribution in [1.82, 2.24) is 20.5 Å². The lowest BCUT2D eigenvalue weighted by Gasteiger charge is -2.36. The number of nitrogens with one attached hydrogen (secondary N) is 4. The molecule has 1 atom stereocenters. The van der Waals surface area contributed by atoms with Gasteiger partial charge < -0.3 is 30.2 Å². The molecule has 1 saturated heterocycles. The van der Waals surface area contributed by atoms with Gasteiger partial charge in [0.05, 0.1) is 17.6 Å². The molecule has 0 aliphatic carbocycles. The van der Waals surface area contributed by atoms with E-state index in [-0.39, 0.29) is 11.9 Å². The Balaban J connectivity index is 1.52. The maximum atomic E-state index is 13.2. The lowest BCUT2D eigenvalue weighted by Crippen LogP contribution is -2.49. The quantitative estimate of drug-likeness (QED) is 0.328. The second kappa shape index (κ2) is 11.7. The number of carbonyl (C=O) groups is 2. The fourth-order valence-electron chi connectivity index (χ4n) is 4.03. The molecule has 0 radical (unpaired) electrons. The number of ether oxygens (including phenoxy) is 1. The number of anilines is 3. The number of hydrogen-bond acceptors (Lipinski definition) is 9. The fourth-order valence-corrected chi connectivity index (χ4v) is 4.81. The zero-order valence-electron chi connectivity index (χ0n) is 21.5. The van der Waals surface area contributed by atoms with E-state index in [0.29, 0.717) is 30.6 Å². The summed E-state index contributed by atoms with van der Waals surface area (Å²) in [4.78, 5) is 32.1. The molecule has 0 bridgehead atoms. The molecule has 0 unspecified atom stereocenters. The van der Waals surface area contributed by atoms with Gasteiger partial charge in [-0.1, -0.05) is 0 Å². The molecule has 0 saturated carbocycles. The Kier molecular flexibility index (Phi) is 8.34. The van der Waals surface area contributed by atoms with Crippen molar-refractivity contribution in [2.45, 2.75) is 45.3 Å². The molecule has 37 heavy (non-hydrogen) atoms. The molecule has 196 valence electrons. The third-order valence-corrected chi connectivity index (χ3v) is 6.52.